The van der Waals surface area contributed by atoms with Crippen LogP contribution in [-0.4, -0.2) is 33.3 Å². The molecule has 0 amide bonds. The molecule has 0 spiro atoms. The first-order valence-corrected chi connectivity index (χ1v) is 8.98. The van der Waals surface area contributed by atoms with Crippen molar-refractivity contribution in [3.63, 3.8) is 0 Å². The van der Waals surface area contributed by atoms with E-state index in [-0.39, 0.29) is 5.02 Å². The summed E-state index contributed by atoms with van der Waals surface area (Å²) in [7, 11) is -2.67. The van der Waals surface area contributed by atoms with Crippen LogP contribution in [0, 0.1) is 12.7 Å². The van der Waals surface area contributed by atoms with Crippen LogP contribution in [0.3, 0.4) is 0 Å². The van der Waals surface area contributed by atoms with E-state index in [1.54, 1.807) is 13.1 Å². The van der Waals surface area contributed by atoms with Gasteiger partial charge in [0.1, 0.15) is 22.8 Å². The van der Waals surface area contributed by atoms with E-state index in [1.807, 2.05) is 9.47 Å². The van der Waals surface area contributed by atoms with Gasteiger partial charge in [0.15, 0.2) is 0 Å². The fourth-order valence-electron chi connectivity index (χ4n) is 3.51. The molecule has 1 aromatic carbocycles. The van der Waals surface area contributed by atoms with E-state index < -0.39 is 24.5 Å². The first-order valence-electron chi connectivity index (χ1n) is 10.1. The second-order valence-electron chi connectivity index (χ2n) is 6.57. The molecular formula is C19H19ClFN5O2. The van der Waals surface area contributed by atoms with Crippen molar-refractivity contribution in [2.45, 2.75) is 26.1 Å². The van der Waals surface area contributed by atoms with Crippen molar-refractivity contribution in [2.24, 2.45) is 0 Å². The number of fused-ring (bicyclic) bond motifs is 1. The average Bonchev–Trinajstić information content (AvgIpc) is 3.11. The van der Waals surface area contributed by atoms with Gasteiger partial charge in [-0.3, -0.25) is 4.79 Å². The van der Waals surface area contributed by atoms with Crippen molar-refractivity contribution in [1.82, 2.24) is 19.7 Å². The van der Waals surface area contributed by atoms with Crippen molar-refractivity contribution in [3.8, 4) is 0 Å². The number of aromatic amines is 1. The Hall–Kier alpha value is -2.71. The summed E-state index contributed by atoms with van der Waals surface area (Å²) in [5.74, 6) is 0.236. The van der Waals surface area contributed by atoms with Crippen molar-refractivity contribution in [1.29, 1.82) is 0 Å². The molecule has 4 rings (SSSR count). The van der Waals surface area contributed by atoms with E-state index in [2.05, 4.69) is 15.2 Å². The number of benzene rings is 1. The Bertz CT molecular complexity index is 1180. The molecule has 7 nitrogen and oxygen atoms in total. The number of aromatic nitrogens is 4. The van der Waals surface area contributed by atoms with E-state index in [9.17, 15) is 9.18 Å². The number of H-pyrrole nitrogens is 1. The molecule has 3 heterocycles. The van der Waals surface area contributed by atoms with Crippen LogP contribution in [0.5, 0.6) is 0 Å². The van der Waals surface area contributed by atoms with Gasteiger partial charge in [-0.15, -0.1) is 0 Å². The molecule has 3 aromatic rings. The molecule has 0 radical (unpaired) electrons. The fraction of sp³-hybridized carbons (Fsp3) is 0.316. The average molecular weight is 407 g/mol. The molecule has 1 aliphatic heterocycles. The number of ether oxygens (including phenoxy) is 1. The van der Waals surface area contributed by atoms with E-state index in [0.717, 1.165) is 0 Å². The van der Waals surface area contributed by atoms with Crippen LogP contribution in [0.2, 0.25) is 5.02 Å². The van der Waals surface area contributed by atoms with E-state index in [4.69, 9.17) is 20.5 Å². The Kier molecular flexibility index (Phi) is 4.01. The first kappa shape index (κ1) is 15.2. The zero-order valence-corrected chi connectivity index (χ0v) is 15.7. The Labute approximate surface area is 169 Å². The van der Waals surface area contributed by atoms with Gasteiger partial charge < -0.3 is 14.2 Å². The summed E-state index contributed by atoms with van der Waals surface area (Å²) in [5, 5.41) is 6.13. The maximum absolute atomic E-state index is 13.6. The largest absolute Gasteiger partial charge is 0.370 e. The fourth-order valence-corrected chi connectivity index (χ4v) is 3.72. The lowest BCUT2D eigenvalue weighted by Crippen LogP contribution is -2.35. The number of imidazole rings is 1. The molecule has 28 heavy (non-hydrogen) atoms. The lowest BCUT2D eigenvalue weighted by Gasteiger charge is -2.31. The maximum Gasteiger partial charge on any atom is 0.285 e. The van der Waals surface area contributed by atoms with E-state index in [1.165, 1.54) is 24.4 Å². The maximum atomic E-state index is 13.6. The lowest BCUT2D eigenvalue weighted by atomic mass is 10.0. The first-order chi connectivity index (χ1) is 14.6. The summed E-state index contributed by atoms with van der Waals surface area (Å²) in [6.45, 7) is 2.98. The number of hydrogen-bond acceptors (Lipinski definition) is 5. The Morgan fingerprint density at radius 1 is 1.39 bits per heavy atom. The third-order valence-corrected chi connectivity index (χ3v) is 5.28. The van der Waals surface area contributed by atoms with Gasteiger partial charge in [0.2, 0.25) is 0 Å². The summed E-state index contributed by atoms with van der Waals surface area (Å²) in [6, 6.07) is 4.13. The molecule has 2 aromatic heterocycles. The molecule has 0 fully saturated rings. The SMILES string of the molecule is [2H]C([2H])([2H])OC(c1ccc(F)cc1C)c1cnc2n1CCN(c1cn[nH]c(=O)c1Cl)C2. The van der Waals surface area contributed by atoms with Gasteiger partial charge in [0, 0.05) is 20.1 Å². The number of hydrogen-bond donors (Lipinski definition) is 1. The van der Waals surface area contributed by atoms with E-state index in [0.29, 0.717) is 48.0 Å². The summed E-state index contributed by atoms with van der Waals surface area (Å²) >= 11 is 6.13. The van der Waals surface area contributed by atoms with Gasteiger partial charge in [-0.1, -0.05) is 17.7 Å². The van der Waals surface area contributed by atoms with Gasteiger partial charge in [0.05, 0.1) is 34.4 Å². The minimum atomic E-state index is -2.67. The van der Waals surface area contributed by atoms with Crippen molar-refractivity contribution >= 4 is 17.3 Å². The number of nitrogens with zero attached hydrogens (tertiary/aromatic N) is 4. The quantitative estimate of drug-likeness (QED) is 0.721. The van der Waals surface area contributed by atoms with Crippen LogP contribution in [0.1, 0.15) is 32.9 Å². The second-order valence-corrected chi connectivity index (χ2v) is 6.95. The second kappa shape index (κ2) is 7.37. The highest BCUT2D eigenvalue weighted by Crippen LogP contribution is 2.32. The molecule has 146 valence electrons. The van der Waals surface area contributed by atoms with Gasteiger partial charge >= 0.3 is 0 Å². The van der Waals surface area contributed by atoms with Gasteiger partial charge in [0.25, 0.3) is 5.56 Å². The van der Waals surface area contributed by atoms with Gasteiger partial charge in [-0.2, -0.15) is 5.10 Å². The van der Waals surface area contributed by atoms with Crippen LogP contribution in [0.15, 0.2) is 35.4 Å². The third-order valence-electron chi connectivity index (χ3n) is 4.91. The molecule has 1 aliphatic rings. The Balaban J connectivity index is 1.71. The predicted molar refractivity (Wildman–Crippen MR) is 103 cm³/mol. The molecular weight excluding hydrogens is 385 g/mol. The number of aryl methyl sites for hydroxylation is 1. The highest BCUT2D eigenvalue weighted by molar-refractivity contribution is 6.32. The number of nitrogens with one attached hydrogen (secondary N) is 1. The van der Waals surface area contributed by atoms with Crippen LogP contribution in [0.4, 0.5) is 10.1 Å². The van der Waals surface area contributed by atoms with E-state index >= 15 is 0 Å². The van der Waals surface area contributed by atoms with Crippen LogP contribution < -0.4 is 10.5 Å². The lowest BCUT2D eigenvalue weighted by molar-refractivity contribution is 0.128. The predicted octanol–water partition coefficient (Wildman–Crippen LogP) is 2.82. The highest BCUT2D eigenvalue weighted by atomic mass is 35.5. The van der Waals surface area contributed by atoms with Crippen molar-refractivity contribution < 1.29 is 13.2 Å². The number of anilines is 1. The molecule has 9 heteroatoms. The Morgan fingerprint density at radius 2 is 2.25 bits per heavy atom. The van der Waals surface area contributed by atoms with Crippen LogP contribution >= 0.6 is 11.6 Å². The minimum Gasteiger partial charge on any atom is -0.370 e. The summed E-state index contributed by atoms with van der Waals surface area (Å²) < 4.78 is 43.7. The van der Waals surface area contributed by atoms with Crippen LogP contribution in [-0.2, 0) is 17.8 Å². The molecule has 1 N–H and O–H groups in total. The normalized spacial score (nSPS) is 16.8. The monoisotopic (exact) mass is 406 g/mol. The molecule has 0 bridgehead atoms. The molecule has 0 saturated heterocycles. The minimum absolute atomic E-state index is 0.0424. The molecule has 0 saturated carbocycles. The highest BCUT2D eigenvalue weighted by Gasteiger charge is 2.27. The molecule has 1 unspecified atom stereocenters. The number of methoxy groups -OCH3 is 1. The molecule has 0 aliphatic carbocycles. The third kappa shape index (κ3) is 3.18. The summed E-state index contributed by atoms with van der Waals surface area (Å²) in [5.41, 5.74) is 1.68. The van der Waals surface area contributed by atoms with Crippen molar-refractivity contribution in [3.05, 3.63) is 74.4 Å². The smallest absolute Gasteiger partial charge is 0.285 e. The molecule has 1 atom stereocenters. The number of rotatable bonds is 4. The van der Waals surface area contributed by atoms with Gasteiger partial charge in [-0.25, -0.2) is 14.5 Å². The Morgan fingerprint density at radius 3 is 3.04 bits per heavy atom. The van der Waals surface area contributed by atoms with Crippen molar-refractivity contribution in [2.75, 3.05) is 18.5 Å². The van der Waals surface area contributed by atoms with Crippen LogP contribution in [0.25, 0.3) is 0 Å². The topological polar surface area (TPSA) is 76.0 Å². The standard InChI is InChI=1S/C19H19ClFN5O2/c1-11-7-12(21)3-4-13(11)18(28-2)15-8-22-16-10-25(5-6-26(15)16)14-9-23-24-19(27)17(14)20/h3-4,7-9,18H,5-6,10H2,1-2H3,(H,24,27)/i2D3. The van der Waals surface area contributed by atoms with Gasteiger partial charge in [-0.05, 0) is 30.2 Å². The summed E-state index contributed by atoms with van der Waals surface area (Å²) in [4.78, 5) is 18.1. The summed E-state index contributed by atoms with van der Waals surface area (Å²) in [6.07, 6.45) is 2.09. The zero-order chi connectivity index (χ0) is 22.3. The number of halogens is 2. The zero-order valence-electron chi connectivity index (χ0n) is 17.9.